The minimum absolute atomic E-state index is 0.0257. The summed E-state index contributed by atoms with van der Waals surface area (Å²) in [5.41, 5.74) is 0.655. The summed E-state index contributed by atoms with van der Waals surface area (Å²) in [6, 6.07) is 8.71. The van der Waals surface area contributed by atoms with E-state index in [0.29, 0.717) is 36.6 Å². The highest BCUT2D eigenvalue weighted by molar-refractivity contribution is 5.94. The number of anilines is 1. The maximum Gasteiger partial charge on any atom is 0.225 e. The maximum atomic E-state index is 11.7. The Labute approximate surface area is 129 Å². The molecule has 2 aromatic rings. The van der Waals surface area contributed by atoms with Gasteiger partial charge in [-0.1, -0.05) is 0 Å². The molecule has 6 nitrogen and oxygen atoms in total. The van der Waals surface area contributed by atoms with Crippen molar-refractivity contribution in [2.45, 2.75) is 19.8 Å². The molecule has 1 heterocycles. The first-order valence-corrected chi connectivity index (χ1v) is 7.08. The molecule has 0 saturated carbocycles. The van der Waals surface area contributed by atoms with Crippen molar-refractivity contribution in [3.8, 4) is 5.75 Å². The summed E-state index contributed by atoms with van der Waals surface area (Å²) in [4.78, 5) is 22.9. The monoisotopic (exact) mass is 301 g/mol. The highest BCUT2D eigenvalue weighted by atomic mass is 16.5. The lowest BCUT2D eigenvalue weighted by atomic mass is 10.1. The number of nitrogens with one attached hydrogen (secondary N) is 1. The Kier molecular flexibility index (Phi) is 5.30. The number of rotatable bonds is 7. The number of hydrogen-bond acceptors (Lipinski definition) is 4. The number of aromatic nitrogens is 2. The third kappa shape index (κ3) is 4.73. The normalized spacial score (nSPS) is 10.3. The number of nitrogens with zero attached hydrogens (tertiary/aromatic N) is 2. The van der Waals surface area contributed by atoms with Crippen molar-refractivity contribution in [2.75, 3.05) is 11.9 Å². The first kappa shape index (κ1) is 15.8. The van der Waals surface area contributed by atoms with Crippen LogP contribution in [0.2, 0.25) is 0 Å². The van der Waals surface area contributed by atoms with Gasteiger partial charge in [-0.2, -0.15) is 5.10 Å². The van der Waals surface area contributed by atoms with Crippen molar-refractivity contribution in [1.82, 2.24) is 9.78 Å². The van der Waals surface area contributed by atoms with Crippen LogP contribution in [0.15, 0.2) is 36.5 Å². The molecule has 1 amide bonds. The Balaban J connectivity index is 1.68. The molecule has 0 unspecified atom stereocenters. The Morgan fingerprint density at radius 2 is 1.95 bits per heavy atom. The zero-order chi connectivity index (χ0) is 15.9. The van der Waals surface area contributed by atoms with Gasteiger partial charge in [0.2, 0.25) is 5.91 Å². The van der Waals surface area contributed by atoms with Gasteiger partial charge in [0.05, 0.1) is 6.61 Å². The van der Waals surface area contributed by atoms with Crippen LogP contribution >= 0.6 is 0 Å². The summed E-state index contributed by atoms with van der Waals surface area (Å²) >= 11 is 0. The zero-order valence-corrected chi connectivity index (χ0v) is 12.7. The number of amides is 1. The van der Waals surface area contributed by atoms with Crippen molar-refractivity contribution in [3.05, 3.63) is 42.1 Å². The van der Waals surface area contributed by atoms with Crippen LogP contribution in [0.3, 0.4) is 0 Å². The van der Waals surface area contributed by atoms with E-state index in [1.165, 1.54) is 6.92 Å². The van der Waals surface area contributed by atoms with Crippen molar-refractivity contribution in [3.63, 3.8) is 0 Å². The third-order valence-electron chi connectivity index (χ3n) is 3.06. The molecule has 22 heavy (non-hydrogen) atoms. The molecule has 0 aliphatic carbocycles. The lowest BCUT2D eigenvalue weighted by molar-refractivity contribution is -0.116. The van der Waals surface area contributed by atoms with Crippen molar-refractivity contribution < 1.29 is 14.3 Å². The maximum absolute atomic E-state index is 11.7. The van der Waals surface area contributed by atoms with E-state index in [1.807, 2.05) is 0 Å². The number of ether oxygens (including phenoxy) is 1. The van der Waals surface area contributed by atoms with Crippen molar-refractivity contribution in [1.29, 1.82) is 0 Å². The molecule has 0 atom stereocenters. The van der Waals surface area contributed by atoms with Gasteiger partial charge in [-0.05, 0) is 37.6 Å². The predicted octanol–water partition coefficient (Wildman–Crippen LogP) is 2.42. The molecule has 0 bridgehead atoms. The van der Waals surface area contributed by atoms with Gasteiger partial charge in [-0.25, -0.2) is 0 Å². The van der Waals surface area contributed by atoms with Gasteiger partial charge >= 0.3 is 0 Å². The summed E-state index contributed by atoms with van der Waals surface area (Å²) in [6.45, 7) is 1.96. The minimum atomic E-state index is -0.0887. The van der Waals surface area contributed by atoms with Gasteiger partial charge in [-0.15, -0.1) is 0 Å². The number of hydrogen-bond donors (Lipinski definition) is 1. The summed E-state index contributed by atoms with van der Waals surface area (Å²) in [5.74, 6) is 1.18. The van der Waals surface area contributed by atoms with E-state index in [0.717, 1.165) is 0 Å². The number of ketones is 1. The molecule has 1 aromatic heterocycles. The first-order chi connectivity index (χ1) is 10.5. The van der Waals surface area contributed by atoms with Crippen molar-refractivity contribution in [2.24, 2.45) is 7.05 Å². The van der Waals surface area contributed by atoms with E-state index in [-0.39, 0.29) is 11.7 Å². The largest absolute Gasteiger partial charge is 0.494 e. The van der Waals surface area contributed by atoms with E-state index in [4.69, 9.17) is 4.74 Å². The standard InChI is InChI=1S/C16H19N3O3/c1-12(20)13-5-7-14(8-6-13)22-11-3-4-16(21)17-15-9-10-19(2)18-15/h5-10H,3-4,11H2,1-2H3,(H,17,18,21). The van der Waals surface area contributed by atoms with E-state index in [1.54, 1.807) is 48.3 Å². The molecular formula is C16H19N3O3. The van der Waals surface area contributed by atoms with Gasteiger partial charge < -0.3 is 10.1 Å². The fourth-order valence-electron chi connectivity index (χ4n) is 1.90. The van der Waals surface area contributed by atoms with Gasteiger partial charge in [0, 0.05) is 31.3 Å². The Morgan fingerprint density at radius 3 is 2.55 bits per heavy atom. The predicted molar refractivity (Wildman–Crippen MR) is 83.0 cm³/mol. The molecule has 116 valence electrons. The molecule has 0 saturated heterocycles. The van der Waals surface area contributed by atoms with Crippen LogP contribution in [0.1, 0.15) is 30.1 Å². The van der Waals surface area contributed by atoms with E-state index in [9.17, 15) is 9.59 Å². The minimum Gasteiger partial charge on any atom is -0.494 e. The lowest BCUT2D eigenvalue weighted by Gasteiger charge is -2.06. The highest BCUT2D eigenvalue weighted by Gasteiger charge is 2.05. The zero-order valence-electron chi connectivity index (χ0n) is 12.7. The highest BCUT2D eigenvalue weighted by Crippen LogP contribution is 2.13. The number of carbonyl (C=O) groups is 2. The molecule has 0 aliphatic heterocycles. The second-order valence-electron chi connectivity index (χ2n) is 4.96. The second kappa shape index (κ2) is 7.40. The summed E-state index contributed by atoms with van der Waals surface area (Å²) in [7, 11) is 1.79. The second-order valence-corrected chi connectivity index (χ2v) is 4.96. The van der Waals surface area contributed by atoms with E-state index >= 15 is 0 Å². The summed E-state index contributed by atoms with van der Waals surface area (Å²) in [5, 5.41) is 6.79. The summed E-state index contributed by atoms with van der Waals surface area (Å²) in [6.07, 6.45) is 2.73. The van der Waals surface area contributed by atoms with Crippen LogP contribution in [0.25, 0.3) is 0 Å². The smallest absolute Gasteiger partial charge is 0.225 e. The Morgan fingerprint density at radius 1 is 1.23 bits per heavy atom. The average molecular weight is 301 g/mol. The number of Topliss-reactive ketones (excluding diaryl/α,β-unsaturated/α-hetero) is 1. The van der Waals surface area contributed by atoms with Crippen molar-refractivity contribution >= 4 is 17.5 Å². The molecule has 6 heteroatoms. The molecule has 0 spiro atoms. The number of benzene rings is 1. The Hall–Kier alpha value is -2.63. The topological polar surface area (TPSA) is 73.2 Å². The van der Waals surface area contributed by atoms with Crippen LogP contribution in [0.5, 0.6) is 5.75 Å². The number of aryl methyl sites for hydroxylation is 1. The SMILES string of the molecule is CC(=O)c1ccc(OCCCC(=O)Nc2ccn(C)n2)cc1. The van der Waals surface area contributed by atoms with Gasteiger partial charge in [0.15, 0.2) is 11.6 Å². The average Bonchev–Trinajstić information content (AvgIpc) is 2.89. The molecule has 2 rings (SSSR count). The fourth-order valence-corrected chi connectivity index (χ4v) is 1.90. The molecule has 1 aromatic carbocycles. The fraction of sp³-hybridized carbons (Fsp3) is 0.312. The van der Waals surface area contributed by atoms with Crippen LogP contribution in [0.4, 0.5) is 5.82 Å². The first-order valence-electron chi connectivity index (χ1n) is 7.08. The molecule has 0 radical (unpaired) electrons. The molecule has 1 N–H and O–H groups in total. The lowest BCUT2D eigenvalue weighted by Crippen LogP contribution is -2.13. The molecule has 0 fully saturated rings. The van der Waals surface area contributed by atoms with E-state index in [2.05, 4.69) is 10.4 Å². The quantitative estimate of drug-likeness (QED) is 0.629. The van der Waals surface area contributed by atoms with Crippen LogP contribution < -0.4 is 10.1 Å². The van der Waals surface area contributed by atoms with Gasteiger partial charge in [0.25, 0.3) is 0 Å². The van der Waals surface area contributed by atoms with Gasteiger partial charge in [-0.3, -0.25) is 14.3 Å². The van der Waals surface area contributed by atoms with Crippen LogP contribution in [-0.2, 0) is 11.8 Å². The molecular weight excluding hydrogens is 282 g/mol. The van der Waals surface area contributed by atoms with E-state index < -0.39 is 0 Å². The Bertz CT molecular complexity index is 647. The van der Waals surface area contributed by atoms with Crippen LogP contribution in [0, 0.1) is 0 Å². The number of carbonyl (C=O) groups excluding carboxylic acids is 2. The third-order valence-corrected chi connectivity index (χ3v) is 3.06. The van der Waals surface area contributed by atoms with Crippen LogP contribution in [-0.4, -0.2) is 28.1 Å². The van der Waals surface area contributed by atoms with Gasteiger partial charge in [0.1, 0.15) is 5.75 Å². The molecule has 0 aliphatic rings. The summed E-state index contributed by atoms with van der Waals surface area (Å²) < 4.78 is 7.16.